The molecule has 0 fully saturated rings. The number of nitrogens with zero attached hydrogens (tertiary/aromatic N) is 2. The maximum atomic E-state index is 13.3. The van der Waals surface area contributed by atoms with Crippen LogP contribution in [0, 0.1) is 5.92 Å². The highest BCUT2D eigenvalue weighted by Crippen LogP contribution is 2.35. The zero-order valence-corrected chi connectivity index (χ0v) is 18.9. The van der Waals surface area contributed by atoms with Gasteiger partial charge in [-0.05, 0) is 61.6 Å². The Labute approximate surface area is 181 Å². The van der Waals surface area contributed by atoms with Crippen LogP contribution in [0.3, 0.4) is 0 Å². The van der Waals surface area contributed by atoms with E-state index in [4.69, 9.17) is 0 Å². The second kappa shape index (κ2) is 8.34. The third-order valence-corrected chi connectivity index (χ3v) is 7.45. The minimum absolute atomic E-state index is 0.103. The van der Waals surface area contributed by atoms with Crippen LogP contribution in [0.15, 0.2) is 29.3 Å². The van der Waals surface area contributed by atoms with Gasteiger partial charge < -0.3 is 5.32 Å². The van der Waals surface area contributed by atoms with Crippen LogP contribution in [0.5, 0.6) is 0 Å². The summed E-state index contributed by atoms with van der Waals surface area (Å²) in [6.07, 6.45) is 6.24. The molecule has 1 aliphatic rings. The molecule has 4 rings (SSSR count). The fraction of sp³-hybridized carbons (Fsp3) is 0.458. The number of fused-ring (bicyclic) bond motifs is 3. The van der Waals surface area contributed by atoms with Crippen molar-refractivity contribution in [2.75, 3.05) is 5.32 Å². The van der Waals surface area contributed by atoms with E-state index in [1.165, 1.54) is 15.8 Å². The number of carbonyl (C=O) groups is 1. The quantitative estimate of drug-likeness (QED) is 0.634. The number of thiophene rings is 1. The van der Waals surface area contributed by atoms with Crippen molar-refractivity contribution in [3.8, 4) is 0 Å². The molecule has 5 nitrogen and oxygen atoms in total. The lowest BCUT2D eigenvalue weighted by atomic mass is 9.89. The molecular weight excluding hydrogens is 394 g/mol. The van der Waals surface area contributed by atoms with Gasteiger partial charge in [-0.25, -0.2) is 4.98 Å². The van der Waals surface area contributed by atoms with E-state index in [2.05, 4.69) is 31.1 Å². The molecule has 0 radical (unpaired) electrons. The lowest BCUT2D eigenvalue weighted by molar-refractivity contribution is -0.118. The molecule has 1 aliphatic carbocycles. The molecule has 2 heterocycles. The molecule has 0 bridgehead atoms. The number of anilines is 1. The van der Waals surface area contributed by atoms with Gasteiger partial charge >= 0.3 is 0 Å². The molecule has 158 valence electrons. The van der Waals surface area contributed by atoms with Gasteiger partial charge in [0.25, 0.3) is 5.56 Å². The summed E-state index contributed by atoms with van der Waals surface area (Å²) in [5, 5.41) is 3.81. The van der Waals surface area contributed by atoms with Gasteiger partial charge in [0.1, 0.15) is 10.9 Å². The van der Waals surface area contributed by atoms with Crippen LogP contribution in [0.1, 0.15) is 61.7 Å². The number of benzene rings is 1. The molecule has 30 heavy (non-hydrogen) atoms. The van der Waals surface area contributed by atoms with Crippen LogP contribution in [0.25, 0.3) is 10.2 Å². The van der Waals surface area contributed by atoms with Crippen molar-refractivity contribution in [2.24, 2.45) is 5.92 Å². The smallest absolute Gasteiger partial charge is 0.263 e. The molecule has 0 saturated carbocycles. The summed E-state index contributed by atoms with van der Waals surface area (Å²) in [5.74, 6) is 0.454. The Morgan fingerprint density at radius 1 is 1.30 bits per heavy atom. The normalized spacial score (nSPS) is 17.0. The van der Waals surface area contributed by atoms with E-state index in [9.17, 15) is 9.59 Å². The molecule has 1 amide bonds. The average molecular weight is 424 g/mol. The second-order valence-electron chi connectivity index (χ2n) is 8.31. The number of rotatable bonds is 5. The van der Waals surface area contributed by atoms with Crippen molar-refractivity contribution in [2.45, 2.75) is 65.8 Å². The fourth-order valence-corrected chi connectivity index (χ4v) is 5.72. The number of nitrogens with one attached hydrogen (secondary N) is 1. The predicted molar refractivity (Wildman–Crippen MR) is 124 cm³/mol. The first-order valence-electron chi connectivity index (χ1n) is 10.9. The topological polar surface area (TPSA) is 64.0 Å². The Bertz CT molecular complexity index is 1140. The first-order valence-corrected chi connectivity index (χ1v) is 11.7. The van der Waals surface area contributed by atoms with Gasteiger partial charge in [-0.1, -0.05) is 39.0 Å². The molecule has 0 saturated heterocycles. The van der Waals surface area contributed by atoms with Gasteiger partial charge in [-0.2, -0.15) is 0 Å². The fourth-order valence-electron chi connectivity index (χ4n) is 4.38. The first-order chi connectivity index (χ1) is 14.4. The average Bonchev–Trinajstić information content (AvgIpc) is 3.11. The molecule has 0 unspecified atom stereocenters. The van der Waals surface area contributed by atoms with E-state index >= 15 is 0 Å². The molecule has 1 N–H and O–H groups in total. The SMILES string of the molecule is CCc1cccc(CC)c1NC(=O)[C@@H](C)n1cnc2sc3c(c2c1=O)CC[C@@H](C)C3. The molecule has 3 aromatic rings. The van der Waals surface area contributed by atoms with Crippen molar-refractivity contribution in [3.05, 3.63) is 56.4 Å². The number of amides is 1. The third kappa shape index (κ3) is 3.58. The van der Waals surface area contributed by atoms with Crippen LogP contribution in [-0.2, 0) is 30.5 Å². The van der Waals surface area contributed by atoms with Crippen molar-refractivity contribution >= 4 is 33.1 Å². The van der Waals surface area contributed by atoms with Crippen LogP contribution in [0.4, 0.5) is 5.69 Å². The lowest BCUT2D eigenvalue weighted by Crippen LogP contribution is -2.32. The molecule has 1 aromatic carbocycles. The van der Waals surface area contributed by atoms with Gasteiger partial charge in [-0.3, -0.25) is 14.2 Å². The van der Waals surface area contributed by atoms with Crippen LogP contribution < -0.4 is 10.9 Å². The molecule has 2 atom stereocenters. The summed E-state index contributed by atoms with van der Waals surface area (Å²) in [6, 6.07) is 5.47. The number of hydrogen-bond donors (Lipinski definition) is 1. The molecule has 0 aliphatic heterocycles. The minimum atomic E-state index is -0.637. The van der Waals surface area contributed by atoms with Gasteiger partial charge in [-0.15, -0.1) is 11.3 Å². The summed E-state index contributed by atoms with van der Waals surface area (Å²) in [5.41, 5.74) is 4.14. The maximum Gasteiger partial charge on any atom is 0.263 e. The molecule has 0 spiro atoms. The highest BCUT2D eigenvalue weighted by molar-refractivity contribution is 7.18. The summed E-state index contributed by atoms with van der Waals surface area (Å²) >= 11 is 1.63. The van der Waals surface area contributed by atoms with E-state index in [0.717, 1.165) is 59.3 Å². The Morgan fingerprint density at radius 2 is 2.00 bits per heavy atom. The van der Waals surface area contributed by atoms with E-state index in [1.807, 2.05) is 18.2 Å². The molecule has 2 aromatic heterocycles. The van der Waals surface area contributed by atoms with Crippen LogP contribution in [0.2, 0.25) is 0 Å². The Kier molecular flexibility index (Phi) is 5.78. The zero-order chi connectivity index (χ0) is 21.4. The monoisotopic (exact) mass is 423 g/mol. The van der Waals surface area contributed by atoms with Crippen LogP contribution in [-0.4, -0.2) is 15.5 Å². The lowest BCUT2D eigenvalue weighted by Gasteiger charge is -2.19. The minimum Gasteiger partial charge on any atom is -0.324 e. The first kappa shape index (κ1) is 20.8. The van der Waals surface area contributed by atoms with E-state index in [1.54, 1.807) is 18.3 Å². The second-order valence-corrected chi connectivity index (χ2v) is 9.40. The maximum absolute atomic E-state index is 13.3. The van der Waals surface area contributed by atoms with E-state index in [-0.39, 0.29) is 11.5 Å². The molecule has 6 heteroatoms. The Morgan fingerprint density at radius 3 is 2.67 bits per heavy atom. The highest BCUT2D eigenvalue weighted by Gasteiger charge is 2.25. The number of para-hydroxylation sites is 1. The molecular formula is C24H29N3O2S. The van der Waals surface area contributed by atoms with Crippen molar-refractivity contribution in [3.63, 3.8) is 0 Å². The summed E-state index contributed by atoms with van der Waals surface area (Å²) in [4.78, 5) is 33.1. The highest BCUT2D eigenvalue weighted by atomic mass is 32.1. The number of aryl methyl sites for hydroxylation is 3. The van der Waals surface area contributed by atoms with Gasteiger partial charge in [0.05, 0.1) is 11.7 Å². The standard InChI is InChI=1S/C24H29N3O2S/c1-5-16-8-7-9-17(6-2)21(16)26-22(28)15(4)27-13-25-23-20(24(27)29)18-11-10-14(3)12-19(18)30-23/h7-9,13-15H,5-6,10-12H2,1-4H3,(H,26,28)/t14-,15-/m1/s1. The number of aromatic nitrogens is 2. The van der Waals surface area contributed by atoms with E-state index in [0.29, 0.717) is 11.3 Å². The third-order valence-electron chi connectivity index (χ3n) is 6.28. The van der Waals surface area contributed by atoms with E-state index < -0.39 is 6.04 Å². The van der Waals surface area contributed by atoms with Gasteiger partial charge in [0.15, 0.2) is 0 Å². The van der Waals surface area contributed by atoms with Crippen molar-refractivity contribution < 1.29 is 4.79 Å². The number of carbonyl (C=O) groups excluding carboxylic acids is 1. The predicted octanol–water partition coefficient (Wildman–Crippen LogP) is 4.91. The Balaban J connectivity index is 1.69. The summed E-state index contributed by atoms with van der Waals surface area (Å²) in [6.45, 7) is 8.18. The van der Waals surface area contributed by atoms with Gasteiger partial charge in [0.2, 0.25) is 5.91 Å². The number of hydrogen-bond acceptors (Lipinski definition) is 4. The van der Waals surface area contributed by atoms with Crippen LogP contribution >= 0.6 is 11.3 Å². The summed E-state index contributed by atoms with van der Waals surface area (Å²) in [7, 11) is 0. The summed E-state index contributed by atoms with van der Waals surface area (Å²) < 4.78 is 1.49. The van der Waals surface area contributed by atoms with Crippen molar-refractivity contribution in [1.82, 2.24) is 9.55 Å². The zero-order valence-electron chi connectivity index (χ0n) is 18.1. The largest absolute Gasteiger partial charge is 0.324 e. The Hall–Kier alpha value is -2.47. The van der Waals surface area contributed by atoms with Gasteiger partial charge in [0, 0.05) is 10.6 Å². The van der Waals surface area contributed by atoms with Crippen molar-refractivity contribution in [1.29, 1.82) is 0 Å².